The van der Waals surface area contributed by atoms with Gasteiger partial charge in [0.15, 0.2) is 0 Å². The third kappa shape index (κ3) is 5.72. The Morgan fingerprint density at radius 2 is 2.21 bits per heavy atom. The summed E-state index contributed by atoms with van der Waals surface area (Å²) in [5, 5.41) is 0. The van der Waals surface area contributed by atoms with Crippen LogP contribution in [0.5, 0.6) is 0 Å². The van der Waals surface area contributed by atoms with Crippen molar-refractivity contribution in [3.8, 4) is 0 Å². The summed E-state index contributed by atoms with van der Waals surface area (Å²) in [5.74, 6) is -0.177. The summed E-state index contributed by atoms with van der Waals surface area (Å²) < 4.78 is 10.2. The fourth-order valence-electron chi connectivity index (χ4n) is 0.871. The minimum absolute atomic E-state index is 0.177. The third-order valence-corrected chi connectivity index (χ3v) is 1.66. The van der Waals surface area contributed by atoms with Crippen molar-refractivity contribution >= 4 is 5.91 Å². The highest BCUT2D eigenvalue weighted by atomic mass is 16.5. The van der Waals surface area contributed by atoms with Gasteiger partial charge in [-0.25, -0.2) is 0 Å². The SMILES string of the molecule is C=CC(=O)N(COC)COCCCC. The van der Waals surface area contributed by atoms with Gasteiger partial charge in [0.05, 0.1) is 0 Å². The number of unbranched alkanes of at least 4 members (excludes halogenated alkanes) is 1. The molecule has 0 spiro atoms. The number of methoxy groups -OCH3 is 1. The second-order valence-electron chi connectivity index (χ2n) is 2.89. The number of amides is 1. The van der Waals surface area contributed by atoms with E-state index in [0.717, 1.165) is 12.8 Å². The Kier molecular flexibility index (Phi) is 8.17. The first kappa shape index (κ1) is 13.1. The van der Waals surface area contributed by atoms with Gasteiger partial charge >= 0.3 is 0 Å². The first-order chi connectivity index (χ1) is 6.76. The molecule has 0 aliphatic rings. The highest BCUT2D eigenvalue weighted by Crippen LogP contribution is 1.94. The van der Waals surface area contributed by atoms with Gasteiger partial charge in [-0.3, -0.25) is 9.69 Å². The molecule has 0 rings (SSSR count). The summed E-state index contributed by atoms with van der Waals surface area (Å²) in [4.78, 5) is 12.7. The lowest BCUT2D eigenvalue weighted by Crippen LogP contribution is -2.33. The average Bonchev–Trinajstić information content (AvgIpc) is 2.21. The van der Waals surface area contributed by atoms with Gasteiger partial charge in [-0.2, -0.15) is 0 Å². The van der Waals surface area contributed by atoms with Crippen LogP contribution in [-0.4, -0.2) is 38.0 Å². The first-order valence-corrected chi connectivity index (χ1v) is 4.74. The maximum atomic E-state index is 11.2. The van der Waals surface area contributed by atoms with Crippen LogP contribution in [0.4, 0.5) is 0 Å². The van der Waals surface area contributed by atoms with Gasteiger partial charge in [0.25, 0.3) is 0 Å². The molecule has 4 nitrogen and oxygen atoms in total. The maximum Gasteiger partial charge on any atom is 0.249 e. The van der Waals surface area contributed by atoms with Crippen molar-refractivity contribution in [2.45, 2.75) is 19.8 Å². The summed E-state index contributed by atoms with van der Waals surface area (Å²) in [6.45, 7) is 6.66. The van der Waals surface area contributed by atoms with E-state index in [4.69, 9.17) is 9.47 Å². The van der Waals surface area contributed by atoms with Crippen LogP contribution in [0.15, 0.2) is 12.7 Å². The molecule has 0 heterocycles. The molecule has 0 aliphatic carbocycles. The number of carbonyl (C=O) groups excluding carboxylic acids is 1. The molecule has 0 N–H and O–H groups in total. The Hall–Kier alpha value is -0.870. The molecule has 0 saturated heterocycles. The van der Waals surface area contributed by atoms with Crippen molar-refractivity contribution in [2.24, 2.45) is 0 Å². The van der Waals surface area contributed by atoms with Gasteiger partial charge in [0.1, 0.15) is 13.5 Å². The number of rotatable bonds is 8. The molecular weight excluding hydrogens is 182 g/mol. The van der Waals surface area contributed by atoms with E-state index in [1.165, 1.54) is 18.1 Å². The van der Waals surface area contributed by atoms with Gasteiger partial charge < -0.3 is 9.47 Å². The molecule has 82 valence electrons. The van der Waals surface area contributed by atoms with Crippen LogP contribution in [0.25, 0.3) is 0 Å². The van der Waals surface area contributed by atoms with Gasteiger partial charge in [-0.15, -0.1) is 0 Å². The van der Waals surface area contributed by atoms with Crippen LogP contribution in [-0.2, 0) is 14.3 Å². The molecule has 0 aromatic rings. The lowest BCUT2D eigenvalue weighted by atomic mass is 10.4. The zero-order valence-electron chi connectivity index (χ0n) is 8.99. The topological polar surface area (TPSA) is 38.8 Å². The highest BCUT2D eigenvalue weighted by molar-refractivity contribution is 5.86. The molecule has 0 atom stereocenters. The van der Waals surface area contributed by atoms with E-state index in [9.17, 15) is 4.79 Å². The fourth-order valence-corrected chi connectivity index (χ4v) is 0.871. The zero-order chi connectivity index (χ0) is 10.8. The lowest BCUT2D eigenvalue weighted by molar-refractivity contribution is -0.138. The zero-order valence-corrected chi connectivity index (χ0v) is 8.99. The molecule has 14 heavy (non-hydrogen) atoms. The summed E-state index contributed by atoms with van der Waals surface area (Å²) in [7, 11) is 1.54. The fraction of sp³-hybridized carbons (Fsp3) is 0.700. The second-order valence-corrected chi connectivity index (χ2v) is 2.89. The van der Waals surface area contributed by atoms with Gasteiger partial charge in [-0.1, -0.05) is 19.9 Å². The minimum Gasteiger partial charge on any atom is -0.364 e. The van der Waals surface area contributed by atoms with E-state index in [0.29, 0.717) is 6.61 Å². The Labute approximate surface area is 85.5 Å². The van der Waals surface area contributed by atoms with E-state index in [1.54, 1.807) is 0 Å². The smallest absolute Gasteiger partial charge is 0.249 e. The largest absolute Gasteiger partial charge is 0.364 e. The summed E-state index contributed by atoms with van der Waals surface area (Å²) in [5.41, 5.74) is 0. The third-order valence-electron chi connectivity index (χ3n) is 1.66. The maximum absolute atomic E-state index is 11.2. The average molecular weight is 201 g/mol. The van der Waals surface area contributed by atoms with Crippen molar-refractivity contribution in [1.82, 2.24) is 4.90 Å². The number of carbonyl (C=O) groups is 1. The van der Waals surface area contributed by atoms with Crippen LogP contribution < -0.4 is 0 Å². The summed E-state index contributed by atoms with van der Waals surface area (Å²) in [6.07, 6.45) is 3.34. The van der Waals surface area contributed by atoms with Crippen LogP contribution in [0, 0.1) is 0 Å². The van der Waals surface area contributed by atoms with Crippen LogP contribution >= 0.6 is 0 Å². The second kappa shape index (κ2) is 8.72. The van der Waals surface area contributed by atoms with E-state index in [1.807, 2.05) is 0 Å². The summed E-state index contributed by atoms with van der Waals surface area (Å²) in [6, 6.07) is 0. The van der Waals surface area contributed by atoms with E-state index < -0.39 is 0 Å². The van der Waals surface area contributed by atoms with E-state index in [2.05, 4.69) is 13.5 Å². The standard InChI is InChI=1S/C10H19NO3/c1-4-6-7-14-9-11(8-13-3)10(12)5-2/h5H,2,4,6-9H2,1,3H3. The van der Waals surface area contributed by atoms with Crippen LogP contribution in [0.2, 0.25) is 0 Å². The Morgan fingerprint density at radius 3 is 2.71 bits per heavy atom. The molecule has 0 bridgehead atoms. The molecule has 0 aromatic heterocycles. The lowest BCUT2D eigenvalue weighted by Gasteiger charge is -2.19. The number of hydrogen-bond acceptors (Lipinski definition) is 3. The quantitative estimate of drug-likeness (QED) is 0.338. The van der Waals surface area contributed by atoms with Crippen molar-refractivity contribution in [3.05, 3.63) is 12.7 Å². The minimum atomic E-state index is -0.177. The van der Waals surface area contributed by atoms with Gasteiger partial charge in [0, 0.05) is 13.7 Å². The Bertz CT molecular complexity index is 171. The molecule has 0 radical (unpaired) electrons. The van der Waals surface area contributed by atoms with Crippen molar-refractivity contribution in [1.29, 1.82) is 0 Å². The number of ether oxygens (including phenoxy) is 2. The van der Waals surface area contributed by atoms with Gasteiger partial charge in [-0.05, 0) is 12.5 Å². The van der Waals surface area contributed by atoms with E-state index in [-0.39, 0.29) is 19.4 Å². The summed E-state index contributed by atoms with van der Waals surface area (Å²) >= 11 is 0. The van der Waals surface area contributed by atoms with Gasteiger partial charge in [0.2, 0.25) is 5.91 Å². The van der Waals surface area contributed by atoms with Crippen molar-refractivity contribution in [2.75, 3.05) is 27.2 Å². The predicted molar refractivity (Wildman–Crippen MR) is 54.6 cm³/mol. The molecule has 0 fully saturated rings. The van der Waals surface area contributed by atoms with Crippen molar-refractivity contribution in [3.63, 3.8) is 0 Å². The molecule has 0 unspecified atom stereocenters. The molecule has 0 aliphatic heterocycles. The normalized spacial score (nSPS) is 9.86. The number of hydrogen-bond donors (Lipinski definition) is 0. The first-order valence-electron chi connectivity index (χ1n) is 4.74. The molecule has 4 heteroatoms. The Balaban J connectivity index is 3.73. The van der Waals surface area contributed by atoms with Crippen LogP contribution in [0.1, 0.15) is 19.8 Å². The van der Waals surface area contributed by atoms with Crippen LogP contribution in [0.3, 0.4) is 0 Å². The highest BCUT2D eigenvalue weighted by Gasteiger charge is 2.08. The monoisotopic (exact) mass is 201 g/mol. The molecule has 0 saturated carbocycles. The van der Waals surface area contributed by atoms with Crippen molar-refractivity contribution < 1.29 is 14.3 Å². The van der Waals surface area contributed by atoms with E-state index >= 15 is 0 Å². The molecular formula is C10H19NO3. The Morgan fingerprint density at radius 1 is 1.50 bits per heavy atom. The number of nitrogens with zero attached hydrogens (tertiary/aromatic N) is 1. The predicted octanol–water partition coefficient (Wildman–Crippen LogP) is 1.38. The molecule has 0 aromatic carbocycles. The molecule has 1 amide bonds.